The third-order valence-corrected chi connectivity index (χ3v) is 3.32. The second kappa shape index (κ2) is 6.28. The molecule has 0 aliphatic carbocycles. The van der Waals surface area contributed by atoms with Gasteiger partial charge in [0.1, 0.15) is 29.0 Å². The number of thiocarbonyl (C=S) groups is 1. The largest absolute Gasteiger partial charge is 0.488 e. The van der Waals surface area contributed by atoms with Gasteiger partial charge in [-0.2, -0.15) is 0 Å². The summed E-state index contributed by atoms with van der Waals surface area (Å²) in [6.45, 7) is -0.0435. The fourth-order valence-electron chi connectivity index (χ4n) is 1.66. The highest BCUT2D eigenvalue weighted by molar-refractivity contribution is 9.10. The third-order valence-electron chi connectivity index (χ3n) is 2.62. The highest BCUT2D eigenvalue weighted by Gasteiger charge is 2.13. The van der Waals surface area contributed by atoms with Crippen molar-refractivity contribution in [2.45, 2.75) is 6.61 Å². The molecule has 0 aromatic heterocycles. The van der Waals surface area contributed by atoms with E-state index in [0.717, 1.165) is 0 Å². The smallest absolute Gasteiger partial charge is 0.137 e. The molecule has 0 bridgehead atoms. The van der Waals surface area contributed by atoms with Crippen molar-refractivity contribution in [2.24, 2.45) is 5.73 Å². The minimum absolute atomic E-state index is 0.0278. The Bertz CT molecular complexity index is 664. The van der Waals surface area contributed by atoms with Gasteiger partial charge in [-0.25, -0.2) is 8.78 Å². The Morgan fingerprint density at radius 3 is 2.60 bits per heavy atom. The number of nitrogens with two attached hydrogens (primary N) is 1. The van der Waals surface area contributed by atoms with E-state index in [1.165, 1.54) is 24.3 Å². The Balaban J connectivity index is 2.23. The lowest BCUT2D eigenvalue weighted by Crippen LogP contribution is -2.14. The predicted molar refractivity (Wildman–Crippen MR) is 80.7 cm³/mol. The highest BCUT2D eigenvalue weighted by atomic mass is 79.9. The first kappa shape index (κ1) is 14.9. The topological polar surface area (TPSA) is 35.2 Å². The lowest BCUT2D eigenvalue weighted by atomic mass is 10.2. The first-order valence-corrected chi connectivity index (χ1v) is 6.84. The van der Waals surface area contributed by atoms with Crippen LogP contribution in [0.3, 0.4) is 0 Å². The number of halogens is 3. The molecule has 20 heavy (non-hydrogen) atoms. The highest BCUT2D eigenvalue weighted by Crippen LogP contribution is 2.23. The molecule has 2 aromatic rings. The minimum atomic E-state index is -0.564. The van der Waals surface area contributed by atoms with Crippen LogP contribution in [0.5, 0.6) is 5.75 Å². The zero-order valence-electron chi connectivity index (χ0n) is 10.2. The van der Waals surface area contributed by atoms with Crippen LogP contribution in [0.15, 0.2) is 40.9 Å². The van der Waals surface area contributed by atoms with Gasteiger partial charge in [0, 0.05) is 10.0 Å². The third kappa shape index (κ3) is 3.32. The molecule has 0 aliphatic rings. The van der Waals surface area contributed by atoms with Crippen molar-refractivity contribution in [2.75, 3.05) is 0 Å². The van der Waals surface area contributed by atoms with Gasteiger partial charge in [0.2, 0.25) is 0 Å². The Labute approximate surface area is 128 Å². The average molecular weight is 358 g/mol. The quantitative estimate of drug-likeness (QED) is 0.841. The average Bonchev–Trinajstić information content (AvgIpc) is 2.37. The molecule has 0 heterocycles. The van der Waals surface area contributed by atoms with Gasteiger partial charge in [0.15, 0.2) is 0 Å². The summed E-state index contributed by atoms with van der Waals surface area (Å²) in [7, 11) is 0. The number of ether oxygens (including phenoxy) is 1. The van der Waals surface area contributed by atoms with Crippen molar-refractivity contribution in [3.05, 3.63) is 63.6 Å². The van der Waals surface area contributed by atoms with Gasteiger partial charge in [-0.05, 0) is 24.3 Å². The number of benzene rings is 2. The van der Waals surface area contributed by atoms with Crippen LogP contribution in [0.1, 0.15) is 11.1 Å². The molecule has 2 rings (SSSR count). The van der Waals surface area contributed by atoms with Crippen LogP contribution in [0, 0.1) is 11.6 Å². The summed E-state index contributed by atoms with van der Waals surface area (Å²) in [4.78, 5) is -0.102. The molecule has 0 amide bonds. The van der Waals surface area contributed by atoms with Gasteiger partial charge in [0.25, 0.3) is 0 Å². The first-order valence-electron chi connectivity index (χ1n) is 5.64. The lowest BCUT2D eigenvalue weighted by Gasteiger charge is -2.12. The Morgan fingerprint density at radius 1 is 1.20 bits per heavy atom. The Hall–Kier alpha value is -1.53. The zero-order valence-corrected chi connectivity index (χ0v) is 12.6. The van der Waals surface area contributed by atoms with E-state index in [-0.39, 0.29) is 22.9 Å². The molecule has 0 saturated heterocycles. The molecular formula is C14H10BrF2NOS. The van der Waals surface area contributed by atoms with Crippen molar-refractivity contribution in [1.29, 1.82) is 0 Å². The summed E-state index contributed by atoms with van der Waals surface area (Å²) >= 11 is 7.96. The standard InChI is InChI=1S/C14H10BrF2NOS/c15-9-5-4-8(11(17)6-9)7-19-12-3-1-2-10(16)13(12)14(18)20/h1-6H,7H2,(H2,18,20). The van der Waals surface area contributed by atoms with Crippen LogP contribution in [0.25, 0.3) is 0 Å². The van der Waals surface area contributed by atoms with Crippen LogP contribution in [0.2, 0.25) is 0 Å². The van der Waals surface area contributed by atoms with Crippen molar-refractivity contribution in [3.8, 4) is 5.75 Å². The van der Waals surface area contributed by atoms with Gasteiger partial charge in [-0.15, -0.1) is 0 Å². The fraction of sp³-hybridized carbons (Fsp3) is 0.0714. The van der Waals surface area contributed by atoms with Gasteiger partial charge in [-0.3, -0.25) is 0 Å². The maximum absolute atomic E-state index is 13.7. The molecule has 2 nitrogen and oxygen atoms in total. The van der Waals surface area contributed by atoms with E-state index in [9.17, 15) is 8.78 Å². The van der Waals surface area contributed by atoms with Crippen LogP contribution >= 0.6 is 28.1 Å². The molecule has 2 N–H and O–H groups in total. The van der Waals surface area contributed by atoms with Gasteiger partial charge < -0.3 is 10.5 Å². The van der Waals surface area contributed by atoms with E-state index in [1.54, 1.807) is 12.1 Å². The van der Waals surface area contributed by atoms with Crippen LogP contribution in [-0.4, -0.2) is 4.99 Å². The van der Waals surface area contributed by atoms with E-state index in [4.69, 9.17) is 22.7 Å². The van der Waals surface area contributed by atoms with E-state index in [0.29, 0.717) is 10.0 Å². The predicted octanol–water partition coefficient (Wildman–Crippen LogP) is 3.94. The lowest BCUT2D eigenvalue weighted by molar-refractivity contribution is 0.297. The molecule has 6 heteroatoms. The maximum atomic E-state index is 13.7. The molecule has 0 fully saturated rings. The SMILES string of the molecule is NC(=S)c1c(F)cccc1OCc1ccc(Br)cc1F. The monoisotopic (exact) mass is 357 g/mol. The molecule has 0 spiro atoms. The molecule has 0 radical (unpaired) electrons. The molecule has 2 aromatic carbocycles. The van der Waals surface area contributed by atoms with Crippen molar-refractivity contribution < 1.29 is 13.5 Å². The summed E-state index contributed by atoms with van der Waals surface area (Å²) in [5.41, 5.74) is 5.85. The van der Waals surface area contributed by atoms with Crippen molar-refractivity contribution in [3.63, 3.8) is 0 Å². The second-order valence-corrected chi connectivity index (χ2v) is 5.36. The molecular weight excluding hydrogens is 348 g/mol. The summed E-state index contributed by atoms with van der Waals surface area (Å²) in [5.74, 6) is -0.779. The van der Waals surface area contributed by atoms with Crippen LogP contribution in [-0.2, 0) is 6.61 Å². The summed E-state index contributed by atoms with van der Waals surface area (Å²) in [5, 5.41) is 0. The van der Waals surface area contributed by atoms with Crippen LogP contribution < -0.4 is 10.5 Å². The van der Waals surface area contributed by atoms with E-state index >= 15 is 0 Å². The maximum Gasteiger partial charge on any atom is 0.137 e. The summed E-state index contributed by atoms with van der Waals surface area (Å²) < 4.78 is 33.3. The molecule has 0 atom stereocenters. The second-order valence-electron chi connectivity index (χ2n) is 4.00. The summed E-state index contributed by atoms with van der Waals surface area (Å²) in [6, 6.07) is 8.86. The number of rotatable bonds is 4. The first-order chi connectivity index (χ1) is 9.49. The van der Waals surface area contributed by atoms with E-state index < -0.39 is 11.6 Å². The Kier molecular flexibility index (Phi) is 4.67. The normalized spacial score (nSPS) is 10.3. The van der Waals surface area contributed by atoms with E-state index in [2.05, 4.69) is 15.9 Å². The molecule has 0 unspecified atom stereocenters. The zero-order chi connectivity index (χ0) is 14.7. The van der Waals surface area contributed by atoms with E-state index in [1.807, 2.05) is 0 Å². The number of hydrogen-bond acceptors (Lipinski definition) is 2. The van der Waals surface area contributed by atoms with Crippen LogP contribution in [0.4, 0.5) is 8.78 Å². The fourth-order valence-corrected chi connectivity index (χ4v) is 2.19. The molecule has 0 saturated carbocycles. The van der Waals surface area contributed by atoms with Crippen molar-refractivity contribution in [1.82, 2.24) is 0 Å². The van der Waals surface area contributed by atoms with Gasteiger partial charge >= 0.3 is 0 Å². The van der Waals surface area contributed by atoms with Gasteiger partial charge in [-0.1, -0.05) is 40.3 Å². The number of hydrogen-bond donors (Lipinski definition) is 1. The van der Waals surface area contributed by atoms with Gasteiger partial charge in [0.05, 0.1) is 5.56 Å². The summed E-state index contributed by atoms with van der Waals surface area (Å²) in [6.07, 6.45) is 0. The molecule has 0 aliphatic heterocycles. The minimum Gasteiger partial charge on any atom is -0.488 e. The Morgan fingerprint density at radius 2 is 1.95 bits per heavy atom. The molecule has 104 valence electrons. The van der Waals surface area contributed by atoms with Crippen molar-refractivity contribution >= 4 is 33.1 Å².